The van der Waals surface area contributed by atoms with E-state index in [1.165, 1.54) is 0 Å². The van der Waals surface area contributed by atoms with E-state index in [2.05, 4.69) is 13.8 Å². The van der Waals surface area contributed by atoms with Crippen molar-refractivity contribution in [3.05, 3.63) is 119 Å². The molecule has 0 atom stereocenters. The SMILES string of the molecule is CCOc1ccccc1OC(=O)c1ccc(C(C)(C)c2ccc(C(=O)Oc3ccccc3OCC)cc2)cc1. The Balaban J connectivity index is 1.45. The minimum absolute atomic E-state index is 0.381. The molecule has 0 N–H and O–H groups in total. The normalized spacial score (nSPS) is 11.0. The van der Waals surface area contributed by atoms with Crippen molar-refractivity contribution >= 4 is 11.9 Å². The van der Waals surface area contributed by atoms with Crippen molar-refractivity contribution in [2.75, 3.05) is 13.2 Å². The van der Waals surface area contributed by atoms with Crippen LogP contribution in [0.25, 0.3) is 0 Å². The molecule has 0 aliphatic carbocycles. The first-order valence-corrected chi connectivity index (χ1v) is 12.9. The summed E-state index contributed by atoms with van der Waals surface area (Å²) in [5.41, 5.74) is 2.51. The standard InChI is InChI=1S/C33H32O6/c1-5-36-27-11-7-9-13-29(27)38-31(34)23-15-19-25(20-16-23)33(3,4)26-21-17-24(18-22-26)32(35)39-30-14-10-8-12-28(30)37-6-2/h7-22H,5-6H2,1-4H3. The van der Waals surface area contributed by atoms with Crippen molar-refractivity contribution < 1.29 is 28.5 Å². The van der Waals surface area contributed by atoms with Crippen LogP contribution in [0.1, 0.15) is 59.5 Å². The molecule has 39 heavy (non-hydrogen) atoms. The number of hydrogen-bond acceptors (Lipinski definition) is 6. The van der Waals surface area contributed by atoms with Crippen molar-refractivity contribution in [2.24, 2.45) is 0 Å². The Bertz CT molecular complexity index is 1310. The Morgan fingerprint density at radius 1 is 0.538 bits per heavy atom. The number of rotatable bonds is 10. The lowest BCUT2D eigenvalue weighted by molar-refractivity contribution is 0.0719. The smallest absolute Gasteiger partial charge is 0.343 e. The van der Waals surface area contributed by atoms with Crippen LogP contribution in [0.15, 0.2) is 97.1 Å². The van der Waals surface area contributed by atoms with Gasteiger partial charge in [0.25, 0.3) is 0 Å². The molecule has 4 aromatic carbocycles. The molecule has 0 aliphatic rings. The molecule has 0 amide bonds. The molecular formula is C33H32O6. The fourth-order valence-corrected chi connectivity index (χ4v) is 4.15. The molecule has 0 saturated heterocycles. The number of esters is 2. The molecule has 0 spiro atoms. The van der Waals surface area contributed by atoms with E-state index in [9.17, 15) is 9.59 Å². The zero-order valence-electron chi connectivity index (χ0n) is 22.6. The summed E-state index contributed by atoms with van der Waals surface area (Å²) in [7, 11) is 0. The lowest BCUT2D eigenvalue weighted by Gasteiger charge is -2.26. The van der Waals surface area contributed by atoms with Crippen LogP contribution in [0.2, 0.25) is 0 Å². The third-order valence-electron chi connectivity index (χ3n) is 6.39. The van der Waals surface area contributed by atoms with Gasteiger partial charge in [-0.25, -0.2) is 9.59 Å². The van der Waals surface area contributed by atoms with Crippen LogP contribution in [-0.4, -0.2) is 25.2 Å². The van der Waals surface area contributed by atoms with Crippen molar-refractivity contribution in [3.8, 4) is 23.0 Å². The van der Waals surface area contributed by atoms with E-state index < -0.39 is 11.9 Å². The Hall–Kier alpha value is -4.58. The summed E-state index contributed by atoms with van der Waals surface area (Å²) >= 11 is 0. The number of carbonyl (C=O) groups is 2. The van der Waals surface area contributed by atoms with Gasteiger partial charge in [-0.15, -0.1) is 0 Å². The van der Waals surface area contributed by atoms with Gasteiger partial charge >= 0.3 is 11.9 Å². The van der Waals surface area contributed by atoms with E-state index in [0.717, 1.165) is 11.1 Å². The Morgan fingerprint density at radius 2 is 0.872 bits per heavy atom. The molecule has 200 valence electrons. The molecule has 0 unspecified atom stereocenters. The number of ether oxygens (including phenoxy) is 4. The number of benzene rings is 4. The molecule has 6 nitrogen and oxygen atoms in total. The van der Waals surface area contributed by atoms with Gasteiger partial charge in [-0.1, -0.05) is 62.4 Å². The van der Waals surface area contributed by atoms with Gasteiger partial charge in [0.2, 0.25) is 0 Å². The van der Waals surface area contributed by atoms with E-state index >= 15 is 0 Å². The highest BCUT2D eigenvalue weighted by Crippen LogP contribution is 2.33. The lowest BCUT2D eigenvalue weighted by atomic mass is 9.78. The average Bonchev–Trinajstić information content (AvgIpc) is 2.95. The van der Waals surface area contributed by atoms with Crippen molar-refractivity contribution in [1.29, 1.82) is 0 Å². The first-order chi connectivity index (χ1) is 18.8. The number of para-hydroxylation sites is 4. The van der Waals surface area contributed by atoms with Gasteiger partial charge in [0.05, 0.1) is 24.3 Å². The molecule has 4 aromatic rings. The molecule has 4 rings (SSSR count). The topological polar surface area (TPSA) is 71.1 Å². The minimum atomic E-state index is -0.458. The van der Waals surface area contributed by atoms with Crippen LogP contribution < -0.4 is 18.9 Å². The summed E-state index contributed by atoms with van der Waals surface area (Å²) in [6, 6.07) is 28.9. The van der Waals surface area contributed by atoms with Crippen molar-refractivity contribution in [3.63, 3.8) is 0 Å². The largest absolute Gasteiger partial charge is 0.490 e. The monoisotopic (exact) mass is 524 g/mol. The van der Waals surface area contributed by atoms with Gasteiger partial charge in [0, 0.05) is 5.41 Å². The van der Waals surface area contributed by atoms with E-state index in [0.29, 0.717) is 47.3 Å². The molecule has 0 aliphatic heterocycles. The van der Waals surface area contributed by atoms with Crippen LogP contribution in [0, 0.1) is 0 Å². The first-order valence-electron chi connectivity index (χ1n) is 12.9. The molecule has 6 heteroatoms. The van der Waals surface area contributed by atoms with Gasteiger partial charge in [-0.3, -0.25) is 0 Å². The Kier molecular flexibility index (Phi) is 8.67. The quantitative estimate of drug-likeness (QED) is 0.161. The van der Waals surface area contributed by atoms with Gasteiger partial charge < -0.3 is 18.9 Å². The van der Waals surface area contributed by atoms with Crippen molar-refractivity contribution in [1.82, 2.24) is 0 Å². The van der Waals surface area contributed by atoms with Gasteiger partial charge in [0.15, 0.2) is 23.0 Å². The second-order valence-corrected chi connectivity index (χ2v) is 9.32. The maximum Gasteiger partial charge on any atom is 0.343 e. The van der Waals surface area contributed by atoms with Crippen LogP contribution in [0.5, 0.6) is 23.0 Å². The summed E-state index contributed by atoms with van der Waals surface area (Å²) in [5.74, 6) is 0.900. The Morgan fingerprint density at radius 3 is 1.21 bits per heavy atom. The summed E-state index contributed by atoms with van der Waals surface area (Å²) in [6.07, 6.45) is 0. The highest BCUT2D eigenvalue weighted by Gasteiger charge is 2.24. The maximum absolute atomic E-state index is 12.8. The van der Waals surface area contributed by atoms with Gasteiger partial charge in [-0.2, -0.15) is 0 Å². The van der Waals surface area contributed by atoms with Crippen LogP contribution in [0.3, 0.4) is 0 Å². The highest BCUT2D eigenvalue weighted by atomic mass is 16.6. The van der Waals surface area contributed by atoms with E-state index in [1.807, 2.05) is 50.2 Å². The fourth-order valence-electron chi connectivity index (χ4n) is 4.15. The molecule has 0 bridgehead atoms. The third-order valence-corrected chi connectivity index (χ3v) is 6.39. The molecule has 0 saturated carbocycles. The van der Waals surface area contributed by atoms with Gasteiger partial charge in [-0.05, 0) is 73.5 Å². The molecule has 0 heterocycles. The summed E-state index contributed by atoms with van der Waals surface area (Å²) < 4.78 is 22.2. The predicted octanol–water partition coefficient (Wildman–Crippen LogP) is 7.25. The summed E-state index contributed by atoms with van der Waals surface area (Å²) in [6.45, 7) is 8.88. The van der Waals surface area contributed by atoms with E-state index in [-0.39, 0.29) is 5.41 Å². The predicted molar refractivity (Wildman–Crippen MR) is 150 cm³/mol. The molecule has 0 radical (unpaired) electrons. The second kappa shape index (κ2) is 12.3. The van der Waals surface area contributed by atoms with Crippen molar-refractivity contribution in [2.45, 2.75) is 33.1 Å². The third kappa shape index (κ3) is 6.47. The first kappa shape index (κ1) is 27.5. The van der Waals surface area contributed by atoms with Crippen LogP contribution in [0.4, 0.5) is 0 Å². The number of hydrogen-bond donors (Lipinski definition) is 0. The molecule has 0 fully saturated rings. The Labute approximate surface area is 229 Å². The van der Waals surface area contributed by atoms with Crippen LogP contribution in [-0.2, 0) is 5.41 Å². The summed E-state index contributed by atoms with van der Waals surface area (Å²) in [4.78, 5) is 25.5. The second-order valence-electron chi connectivity index (χ2n) is 9.32. The van der Waals surface area contributed by atoms with Gasteiger partial charge in [0.1, 0.15) is 0 Å². The van der Waals surface area contributed by atoms with E-state index in [4.69, 9.17) is 18.9 Å². The molecule has 0 aromatic heterocycles. The highest BCUT2D eigenvalue weighted by molar-refractivity contribution is 5.92. The number of carbonyl (C=O) groups excluding carboxylic acids is 2. The summed E-state index contributed by atoms with van der Waals surface area (Å²) in [5, 5.41) is 0. The average molecular weight is 525 g/mol. The minimum Gasteiger partial charge on any atom is -0.490 e. The zero-order valence-corrected chi connectivity index (χ0v) is 22.6. The molecular weight excluding hydrogens is 492 g/mol. The lowest BCUT2D eigenvalue weighted by Crippen LogP contribution is -2.20. The zero-order chi connectivity index (χ0) is 27.8. The van der Waals surface area contributed by atoms with Crippen LogP contribution >= 0.6 is 0 Å². The van der Waals surface area contributed by atoms with E-state index in [1.54, 1.807) is 60.7 Å². The maximum atomic E-state index is 12.8. The fraction of sp³-hybridized carbons (Fsp3) is 0.212.